The van der Waals surface area contributed by atoms with E-state index in [0.717, 1.165) is 38.5 Å². The van der Waals surface area contributed by atoms with Gasteiger partial charge in [0.05, 0.1) is 5.39 Å². The number of benzene rings is 1. The molecule has 1 heterocycles. The third-order valence-corrected chi connectivity index (χ3v) is 5.33. The lowest BCUT2D eigenvalue weighted by molar-refractivity contribution is 0.0923. The summed E-state index contributed by atoms with van der Waals surface area (Å²) in [6.45, 7) is 3.23. The monoisotopic (exact) mass is 356 g/mol. The van der Waals surface area contributed by atoms with Crippen LogP contribution in [0, 0.1) is 5.92 Å². The van der Waals surface area contributed by atoms with Gasteiger partial charge in [-0.15, -0.1) is 0 Å². The Labute approximate surface area is 153 Å². The fraction of sp³-hybridized carbons (Fsp3) is 0.550. The van der Waals surface area contributed by atoms with Crippen LogP contribution in [0.1, 0.15) is 55.9 Å². The van der Waals surface area contributed by atoms with E-state index in [1.165, 1.54) is 4.68 Å². The SMILES string of the molecule is CCCCCn1nc(C(=O)NC2CCCC2CN)c2ccccc2c1=O. The largest absolute Gasteiger partial charge is 0.348 e. The molecule has 1 aromatic heterocycles. The number of nitrogens with two attached hydrogens (primary N) is 1. The molecule has 0 aliphatic heterocycles. The van der Waals surface area contributed by atoms with Gasteiger partial charge >= 0.3 is 0 Å². The van der Waals surface area contributed by atoms with Crippen LogP contribution in [0.15, 0.2) is 29.1 Å². The number of amides is 1. The molecular weight excluding hydrogens is 328 g/mol. The van der Waals surface area contributed by atoms with Crippen molar-refractivity contribution < 1.29 is 4.79 Å². The summed E-state index contributed by atoms with van der Waals surface area (Å²) in [6.07, 6.45) is 6.05. The molecule has 0 bridgehead atoms. The van der Waals surface area contributed by atoms with Gasteiger partial charge in [-0.1, -0.05) is 44.4 Å². The van der Waals surface area contributed by atoms with Gasteiger partial charge in [0.15, 0.2) is 5.69 Å². The molecule has 140 valence electrons. The number of hydrogen-bond acceptors (Lipinski definition) is 4. The number of carbonyl (C=O) groups is 1. The number of aromatic nitrogens is 2. The van der Waals surface area contributed by atoms with Crippen molar-refractivity contribution in [2.45, 2.75) is 58.0 Å². The summed E-state index contributed by atoms with van der Waals surface area (Å²) < 4.78 is 1.45. The number of hydrogen-bond donors (Lipinski definition) is 2. The van der Waals surface area contributed by atoms with Gasteiger partial charge in [0.25, 0.3) is 11.5 Å². The smallest absolute Gasteiger partial charge is 0.274 e. The summed E-state index contributed by atoms with van der Waals surface area (Å²) in [5.41, 5.74) is 6.03. The molecule has 1 amide bonds. The van der Waals surface area contributed by atoms with Gasteiger partial charge in [-0.2, -0.15) is 5.10 Å². The maximum absolute atomic E-state index is 12.9. The zero-order valence-corrected chi connectivity index (χ0v) is 15.4. The minimum absolute atomic E-state index is 0.0912. The van der Waals surface area contributed by atoms with Crippen LogP contribution in [0.4, 0.5) is 0 Å². The van der Waals surface area contributed by atoms with Crippen LogP contribution < -0.4 is 16.6 Å². The summed E-state index contributed by atoms with van der Waals surface area (Å²) in [5.74, 6) is 0.108. The van der Waals surface area contributed by atoms with Crippen molar-refractivity contribution in [3.8, 4) is 0 Å². The molecule has 26 heavy (non-hydrogen) atoms. The normalized spacial score (nSPS) is 19.8. The predicted octanol–water partition coefficient (Wildman–Crippen LogP) is 2.44. The molecule has 2 atom stereocenters. The number of carbonyl (C=O) groups excluding carboxylic acids is 1. The molecule has 2 unspecified atom stereocenters. The third-order valence-electron chi connectivity index (χ3n) is 5.33. The molecule has 6 heteroatoms. The Morgan fingerprint density at radius 1 is 1.27 bits per heavy atom. The lowest BCUT2D eigenvalue weighted by atomic mass is 10.0. The fourth-order valence-corrected chi connectivity index (χ4v) is 3.81. The van der Waals surface area contributed by atoms with Gasteiger partial charge in [0, 0.05) is 18.0 Å². The van der Waals surface area contributed by atoms with Crippen molar-refractivity contribution in [3.05, 3.63) is 40.3 Å². The highest BCUT2D eigenvalue weighted by Crippen LogP contribution is 2.25. The van der Waals surface area contributed by atoms with Gasteiger partial charge in [0.1, 0.15) is 0 Å². The van der Waals surface area contributed by atoms with Crippen molar-refractivity contribution in [1.29, 1.82) is 0 Å². The number of aryl methyl sites for hydroxylation is 1. The summed E-state index contributed by atoms with van der Waals surface area (Å²) >= 11 is 0. The third kappa shape index (κ3) is 3.80. The lowest BCUT2D eigenvalue weighted by Crippen LogP contribution is -2.41. The average molecular weight is 356 g/mol. The Morgan fingerprint density at radius 3 is 2.77 bits per heavy atom. The van der Waals surface area contributed by atoms with Gasteiger partial charge in [-0.3, -0.25) is 9.59 Å². The minimum atomic E-state index is -0.212. The maximum atomic E-state index is 12.9. The Balaban J connectivity index is 1.94. The van der Waals surface area contributed by atoms with Crippen molar-refractivity contribution >= 4 is 16.7 Å². The molecule has 1 saturated carbocycles. The van der Waals surface area contributed by atoms with Crippen LogP contribution >= 0.6 is 0 Å². The summed E-state index contributed by atoms with van der Waals surface area (Å²) in [6, 6.07) is 7.31. The first-order valence-corrected chi connectivity index (χ1v) is 9.66. The van der Waals surface area contributed by atoms with Crippen molar-refractivity contribution in [2.24, 2.45) is 11.7 Å². The standard InChI is InChI=1S/C20H28N4O2/c1-2-3-6-12-24-20(26)16-10-5-4-9-15(16)18(23-24)19(25)22-17-11-7-8-14(17)13-21/h4-5,9-10,14,17H,2-3,6-8,11-13,21H2,1H3,(H,22,25). The molecular formula is C20H28N4O2. The Bertz CT molecular complexity index is 830. The second-order valence-electron chi connectivity index (χ2n) is 7.14. The zero-order valence-electron chi connectivity index (χ0n) is 15.4. The van der Waals surface area contributed by atoms with Crippen LogP contribution in [0.2, 0.25) is 0 Å². The topological polar surface area (TPSA) is 90.0 Å². The quantitative estimate of drug-likeness (QED) is 0.746. The van der Waals surface area contributed by atoms with Gasteiger partial charge in [-0.25, -0.2) is 4.68 Å². The molecule has 0 spiro atoms. The molecule has 0 saturated heterocycles. The van der Waals surface area contributed by atoms with E-state index < -0.39 is 0 Å². The highest BCUT2D eigenvalue weighted by Gasteiger charge is 2.28. The fourth-order valence-electron chi connectivity index (χ4n) is 3.81. The molecule has 2 aromatic rings. The zero-order chi connectivity index (χ0) is 18.5. The Morgan fingerprint density at radius 2 is 2.04 bits per heavy atom. The number of unbranched alkanes of at least 4 members (excludes halogenated alkanes) is 2. The van der Waals surface area contributed by atoms with E-state index in [-0.39, 0.29) is 17.5 Å². The van der Waals surface area contributed by atoms with E-state index in [1.54, 1.807) is 12.1 Å². The average Bonchev–Trinajstić information content (AvgIpc) is 3.11. The van der Waals surface area contributed by atoms with E-state index in [4.69, 9.17) is 5.73 Å². The first kappa shape index (κ1) is 18.6. The number of nitrogens with one attached hydrogen (secondary N) is 1. The van der Waals surface area contributed by atoms with Crippen LogP contribution in [0.3, 0.4) is 0 Å². The molecule has 3 N–H and O–H groups in total. The first-order chi connectivity index (χ1) is 12.7. The molecule has 1 aliphatic rings. The molecule has 6 nitrogen and oxygen atoms in total. The summed E-state index contributed by atoms with van der Waals surface area (Å²) in [7, 11) is 0. The van der Waals surface area contributed by atoms with E-state index >= 15 is 0 Å². The second-order valence-corrected chi connectivity index (χ2v) is 7.14. The molecule has 1 fully saturated rings. The van der Waals surface area contributed by atoms with E-state index in [2.05, 4.69) is 17.3 Å². The predicted molar refractivity (Wildman–Crippen MR) is 103 cm³/mol. The molecule has 1 aromatic carbocycles. The number of fused-ring (bicyclic) bond motifs is 1. The molecule has 1 aliphatic carbocycles. The van der Waals surface area contributed by atoms with Gasteiger partial charge in [-0.05, 0) is 37.8 Å². The van der Waals surface area contributed by atoms with Gasteiger partial charge in [0.2, 0.25) is 0 Å². The van der Waals surface area contributed by atoms with Gasteiger partial charge < -0.3 is 11.1 Å². The number of rotatable bonds is 7. The van der Waals surface area contributed by atoms with E-state index in [0.29, 0.717) is 35.5 Å². The lowest BCUT2D eigenvalue weighted by Gasteiger charge is -2.20. The summed E-state index contributed by atoms with van der Waals surface area (Å²) in [5, 5.41) is 8.69. The Kier molecular flexibility index (Phi) is 6.04. The van der Waals surface area contributed by atoms with Crippen molar-refractivity contribution in [1.82, 2.24) is 15.1 Å². The van der Waals surface area contributed by atoms with E-state index in [1.807, 2.05) is 12.1 Å². The second kappa shape index (κ2) is 8.45. The maximum Gasteiger partial charge on any atom is 0.274 e. The van der Waals surface area contributed by atoms with Crippen LogP contribution in [-0.4, -0.2) is 28.3 Å². The van der Waals surface area contributed by atoms with Crippen molar-refractivity contribution in [2.75, 3.05) is 6.54 Å². The van der Waals surface area contributed by atoms with Crippen LogP contribution in [0.25, 0.3) is 10.8 Å². The Hall–Kier alpha value is -2.21. The van der Waals surface area contributed by atoms with E-state index in [9.17, 15) is 9.59 Å². The highest BCUT2D eigenvalue weighted by atomic mass is 16.2. The number of nitrogens with zero attached hydrogens (tertiary/aromatic N) is 2. The first-order valence-electron chi connectivity index (χ1n) is 9.66. The minimum Gasteiger partial charge on any atom is -0.348 e. The molecule has 0 radical (unpaired) electrons. The molecule has 3 rings (SSSR count). The van der Waals surface area contributed by atoms with Crippen molar-refractivity contribution in [3.63, 3.8) is 0 Å². The highest BCUT2D eigenvalue weighted by molar-refractivity contribution is 6.04. The van der Waals surface area contributed by atoms with Crippen LogP contribution in [-0.2, 0) is 6.54 Å². The van der Waals surface area contributed by atoms with Crippen LogP contribution in [0.5, 0.6) is 0 Å². The summed E-state index contributed by atoms with van der Waals surface area (Å²) in [4.78, 5) is 25.6.